The third kappa shape index (κ3) is 3.19. The molecule has 0 saturated carbocycles. The van der Waals surface area contributed by atoms with Gasteiger partial charge in [0.1, 0.15) is 5.56 Å². The molecule has 1 aromatic carbocycles. The lowest BCUT2D eigenvalue weighted by Gasteiger charge is -2.17. The molecule has 0 saturated heterocycles. The molecule has 1 amide bonds. The first kappa shape index (κ1) is 17.0. The summed E-state index contributed by atoms with van der Waals surface area (Å²) in [5, 5.41) is 8.52. The van der Waals surface area contributed by atoms with Gasteiger partial charge in [0, 0.05) is 37.4 Å². The first-order valence-electron chi connectivity index (χ1n) is 8.69. The molecule has 0 unspecified atom stereocenters. The van der Waals surface area contributed by atoms with Crippen LogP contribution in [0.25, 0.3) is 11.3 Å². The number of carbonyl (C=O) groups is 1. The highest BCUT2D eigenvalue weighted by atomic mass is 16.2. The lowest BCUT2D eigenvalue weighted by molar-refractivity contribution is 0.0787. The third-order valence-electron chi connectivity index (χ3n) is 4.48. The Labute approximate surface area is 156 Å². The smallest absolute Gasteiger partial charge is 0.259 e. The van der Waals surface area contributed by atoms with E-state index in [-0.39, 0.29) is 5.91 Å². The molecule has 4 aromatic rings. The van der Waals surface area contributed by atoms with Crippen LogP contribution in [0.5, 0.6) is 0 Å². The maximum Gasteiger partial charge on any atom is 0.259 e. The van der Waals surface area contributed by atoms with E-state index in [1.54, 1.807) is 33.5 Å². The average Bonchev–Trinajstić information content (AvgIpc) is 3.31. The first-order chi connectivity index (χ1) is 13.0. The molecule has 0 aliphatic heterocycles. The third-order valence-corrected chi connectivity index (χ3v) is 4.48. The van der Waals surface area contributed by atoms with Crippen molar-refractivity contribution in [3.63, 3.8) is 0 Å². The summed E-state index contributed by atoms with van der Waals surface area (Å²) >= 11 is 0. The molecule has 0 fully saturated rings. The molecule has 0 atom stereocenters. The first-order valence-corrected chi connectivity index (χ1v) is 8.69. The second kappa shape index (κ2) is 6.68. The maximum atomic E-state index is 12.9. The van der Waals surface area contributed by atoms with E-state index in [9.17, 15) is 4.79 Å². The summed E-state index contributed by atoms with van der Waals surface area (Å²) in [6.07, 6.45) is 5.23. The number of fused-ring (bicyclic) bond motifs is 1. The van der Waals surface area contributed by atoms with Gasteiger partial charge in [-0.1, -0.05) is 12.1 Å². The molecule has 0 spiro atoms. The molecule has 0 aliphatic rings. The Morgan fingerprint density at radius 2 is 1.93 bits per heavy atom. The number of rotatable bonds is 4. The summed E-state index contributed by atoms with van der Waals surface area (Å²) in [6, 6.07) is 11.8. The minimum atomic E-state index is -0.0985. The van der Waals surface area contributed by atoms with Gasteiger partial charge in [-0.2, -0.15) is 10.2 Å². The zero-order valence-corrected chi connectivity index (χ0v) is 15.5. The number of aryl methyl sites for hydroxylation is 2. The number of aromatic nitrogens is 5. The summed E-state index contributed by atoms with van der Waals surface area (Å²) in [5.41, 5.74) is 4.95. The molecule has 4 rings (SSSR count). The van der Waals surface area contributed by atoms with Crippen LogP contribution in [-0.4, -0.2) is 42.2 Å². The minimum absolute atomic E-state index is 0.0985. The minimum Gasteiger partial charge on any atom is -0.337 e. The van der Waals surface area contributed by atoms with Crippen molar-refractivity contribution in [3.8, 4) is 5.69 Å². The second-order valence-corrected chi connectivity index (χ2v) is 6.61. The monoisotopic (exact) mass is 360 g/mol. The molecule has 3 aromatic heterocycles. The highest BCUT2D eigenvalue weighted by Gasteiger charge is 2.19. The van der Waals surface area contributed by atoms with Gasteiger partial charge in [-0.15, -0.1) is 0 Å². The fraction of sp³-hybridized carbons (Fsp3) is 0.200. The van der Waals surface area contributed by atoms with E-state index in [2.05, 4.69) is 15.2 Å². The molecule has 0 radical (unpaired) electrons. The molecule has 7 nitrogen and oxygen atoms in total. The van der Waals surface area contributed by atoms with Crippen molar-refractivity contribution in [1.82, 2.24) is 29.3 Å². The summed E-state index contributed by atoms with van der Waals surface area (Å²) in [4.78, 5) is 19.1. The lowest BCUT2D eigenvalue weighted by Crippen LogP contribution is -2.26. The molecular formula is C20H20N6O. The van der Waals surface area contributed by atoms with Crippen molar-refractivity contribution in [3.05, 3.63) is 77.5 Å². The van der Waals surface area contributed by atoms with Gasteiger partial charge in [0.2, 0.25) is 0 Å². The van der Waals surface area contributed by atoms with Crippen molar-refractivity contribution in [2.75, 3.05) is 7.05 Å². The van der Waals surface area contributed by atoms with Crippen LogP contribution < -0.4 is 0 Å². The Bertz CT molecular complexity index is 1100. The largest absolute Gasteiger partial charge is 0.337 e. The zero-order chi connectivity index (χ0) is 19.0. The van der Waals surface area contributed by atoms with E-state index in [1.807, 2.05) is 56.4 Å². The SMILES string of the molecule is Cc1cc(C)n2ncc(C(=O)N(C)Cc3ccc(-n4cccn4)cc3)c2n1. The van der Waals surface area contributed by atoms with Gasteiger partial charge in [-0.05, 0) is 43.7 Å². The van der Waals surface area contributed by atoms with Crippen LogP contribution >= 0.6 is 0 Å². The summed E-state index contributed by atoms with van der Waals surface area (Å²) < 4.78 is 3.50. The lowest BCUT2D eigenvalue weighted by atomic mass is 10.2. The van der Waals surface area contributed by atoms with Gasteiger partial charge in [0.15, 0.2) is 5.65 Å². The van der Waals surface area contributed by atoms with E-state index < -0.39 is 0 Å². The predicted molar refractivity (Wildman–Crippen MR) is 102 cm³/mol. The summed E-state index contributed by atoms with van der Waals surface area (Å²) in [6.45, 7) is 4.37. The van der Waals surface area contributed by atoms with Crippen LogP contribution in [0, 0.1) is 13.8 Å². The molecule has 27 heavy (non-hydrogen) atoms. The van der Waals surface area contributed by atoms with Gasteiger partial charge in [-0.3, -0.25) is 4.79 Å². The fourth-order valence-electron chi connectivity index (χ4n) is 3.15. The quantitative estimate of drug-likeness (QED) is 0.561. The summed E-state index contributed by atoms with van der Waals surface area (Å²) in [7, 11) is 1.79. The zero-order valence-electron chi connectivity index (χ0n) is 15.5. The normalized spacial score (nSPS) is 11.1. The number of hydrogen-bond acceptors (Lipinski definition) is 4. The molecule has 7 heteroatoms. The predicted octanol–water partition coefficient (Wildman–Crippen LogP) is 2.80. The number of benzene rings is 1. The number of hydrogen-bond donors (Lipinski definition) is 0. The van der Waals surface area contributed by atoms with Crippen LogP contribution in [-0.2, 0) is 6.54 Å². The molecule has 0 N–H and O–H groups in total. The van der Waals surface area contributed by atoms with Crippen LogP contribution in [0.15, 0.2) is 55.0 Å². The van der Waals surface area contributed by atoms with Gasteiger partial charge >= 0.3 is 0 Å². The maximum absolute atomic E-state index is 12.9. The van der Waals surface area contributed by atoms with Gasteiger partial charge in [0.05, 0.1) is 11.9 Å². The summed E-state index contributed by atoms with van der Waals surface area (Å²) in [5.74, 6) is -0.0985. The topological polar surface area (TPSA) is 68.3 Å². The van der Waals surface area contributed by atoms with E-state index in [0.29, 0.717) is 17.8 Å². The van der Waals surface area contributed by atoms with Crippen molar-refractivity contribution in [1.29, 1.82) is 0 Å². The Morgan fingerprint density at radius 3 is 2.63 bits per heavy atom. The van der Waals surface area contributed by atoms with E-state index in [4.69, 9.17) is 0 Å². The highest BCUT2D eigenvalue weighted by molar-refractivity contribution is 5.99. The van der Waals surface area contributed by atoms with Crippen LogP contribution in [0.3, 0.4) is 0 Å². The number of nitrogens with zero attached hydrogens (tertiary/aromatic N) is 6. The van der Waals surface area contributed by atoms with Gasteiger partial charge in [0.25, 0.3) is 5.91 Å². The Kier molecular flexibility index (Phi) is 4.19. The van der Waals surface area contributed by atoms with Crippen molar-refractivity contribution in [2.24, 2.45) is 0 Å². The molecule has 0 bridgehead atoms. The molecule has 3 heterocycles. The van der Waals surface area contributed by atoms with E-state index in [1.165, 1.54) is 0 Å². The van der Waals surface area contributed by atoms with E-state index >= 15 is 0 Å². The standard InChI is InChI=1S/C20H20N6O/c1-14-11-15(2)26-19(23-14)18(12-22-26)20(27)24(3)13-16-5-7-17(8-6-16)25-10-4-9-21-25/h4-12H,13H2,1-3H3. The number of carbonyl (C=O) groups excluding carboxylic acids is 1. The van der Waals surface area contributed by atoms with Gasteiger partial charge in [-0.25, -0.2) is 14.2 Å². The Hall–Kier alpha value is -3.48. The molecule has 0 aliphatic carbocycles. The van der Waals surface area contributed by atoms with Gasteiger partial charge < -0.3 is 4.90 Å². The highest BCUT2D eigenvalue weighted by Crippen LogP contribution is 2.16. The Balaban J connectivity index is 1.55. The average molecular weight is 360 g/mol. The van der Waals surface area contributed by atoms with Crippen LogP contribution in [0.2, 0.25) is 0 Å². The second-order valence-electron chi connectivity index (χ2n) is 6.61. The van der Waals surface area contributed by atoms with Crippen molar-refractivity contribution >= 4 is 11.6 Å². The molecular weight excluding hydrogens is 340 g/mol. The van der Waals surface area contributed by atoms with Crippen LogP contribution in [0.4, 0.5) is 0 Å². The fourth-order valence-corrected chi connectivity index (χ4v) is 3.15. The molecule has 136 valence electrons. The number of amides is 1. The van der Waals surface area contributed by atoms with Crippen LogP contribution in [0.1, 0.15) is 27.3 Å². The van der Waals surface area contributed by atoms with E-state index in [0.717, 1.165) is 22.6 Å². The van der Waals surface area contributed by atoms with Crippen molar-refractivity contribution < 1.29 is 4.79 Å². The van der Waals surface area contributed by atoms with Crippen molar-refractivity contribution in [2.45, 2.75) is 20.4 Å². The Morgan fingerprint density at radius 1 is 1.15 bits per heavy atom.